The fraction of sp³-hybridized carbons (Fsp3) is 0.667. The van der Waals surface area contributed by atoms with Gasteiger partial charge < -0.3 is 15.0 Å². The third-order valence-corrected chi connectivity index (χ3v) is 5.26. The number of carbonyl (C=O) groups is 1. The van der Waals surface area contributed by atoms with Gasteiger partial charge in [0.25, 0.3) is 0 Å². The number of benzene rings is 1. The number of rotatable bonds is 9. The van der Waals surface area contributed by atoms with Gasteiger partial charge in [-0.05, 0) is 70.2 Å². The summed E-state index contributed by atoms with van der Waals surface area (Å²) in [6, 6.07) is 7.60. The molecule has 1 aromatic rings. The van der Waals surface area contributed by atoms with Crippen LogP contribution in [0, 0.1) is 0 Å². The van der Waals surface area contributed by atoms with Gasteiger partial charge in [0.15, 0.2) is 0 Å². The fourth-order valence-corrected chi connectivity index (χ4v) is 3.36. The van der Waals surface area contributed by atoms with Gasteiger partial charge in [0.2, 0.25) is 5.91 Å². The minimum atomic E-state index is -0.0851. The lowest BCUT2D eigenvalue weighted by atomic mass is 10.2. The Morgan fingerprint density at radius 1 is 1.12 bits per heavy atom. The normalized spacial score (nSPS) is 16.9. The standard InChI is InChI=1S/C21H35N3O2/c1-4-23(5-2)16-17-26-20-12-10-19(11-13-20)22-21(25)18(3)24-14-8-6-7-9-15-24/h10-13,18H,4-9,14-17H2,1-3H3,(H,22,25). The summed E-state index contributed by atoms with van der Waals surface area (Å²) in [5, 5.41) is 3.03. The van der Waals surface area contributed by atoms with E-state index in [0.717, 1.165) is 44.2 Å². The first-order valence-electron chi connectivity index (χ1n) is 10.1. The van der Waals surface area contributed by atoms with Crippen molar-refractivity contribution in [2.45, 2.75) is 52.5 Å². The number of likely N-dealkylation sites (N-methyl/N-ethyl adjacent to an activating group) is 1. The molecule has 1 fully saturated rings. The Labute approximate surface area is 158 Å². The first-order valence-corrected chi connectivity index (χ1v) is 10.1. The average molecular weight is 362 g/mol. The summed E-state index contributed by atoms with van der Waals surface area (Å²) in [7, 11) is 0. The van der Waals surface area contributed by atoms with Gasteiger partial charge in [0, 0.05) is 12.2 Å². The quantitative estimate of drug-likeness (QED) is 0.730. The van der Waals surface area contributed by atoms with E-state index < -0.39 is 0 Å². The third-order valence-electron chi connectivity index (χ3n) is 5.26. The average Bonchev–Trinajstić information content (AvgIpc) is 2.95. The van der Waals surface area contributed by atoms with E-state index >= 15 is 0 Å². The molecule has 2 rings (SSSR count). The maximum atomic E-state index is 12.5. The molecule has 5 heteroatoms. The van der Waals surface area contributed by atoms with Crippen molar-refractivity contribution >= 4 is 11.6 Å². The lowest BCUT2D eigenvalue weighted by molar-refractivity contribution is -0.120. The van der Waals surface area contributed by atoms with Gasteiger partial charge >= 0.3 is 0 Å². The molecular formula is C21H35N3O2. The molecular weight excluding hydrogens is 326 g/mol. The third kappa shape index (κ3) is 6.61. The molecule has 1 saturated heterocycles. The molecule has 1 aliphatic heterocycles. The Balaban J connectivity index is 1.79. The molecule has 1 aliphatic rings. The molecule has 0 radical (unpaired) electrons. The lowest BCUT2D eigenvalue weighted by Gasteiger charge is -2.26. The fourth-order valence-electron chi connectivity index (χ4n) is 3.36. The molecule has 0 aromatic heterocycles. The number of ether oxygens (including phenoxy) is 1. The van der Waals surface area contributed by atoms with Crippen LogP contribution in [0.5, 0.6) is 5.75 Å². The molecule has 26 heavy (non-hydrogen) atoms. The van der Waals surface area contributed by atoms with Crippen LogP contribution < -0.4 is 10.1 Å². The molecule has 5 nitrogen and oxygen atoms in total. The number of hydrogen-bond acceptors (Lipinski definition) is 4. The minimum Gasteiger partial charge on any atom is -0.492 e. The number of nitrogens with one attached hydrogen (secondary N) is 1. The van der Waals surface area contributed by atoms with Crippen LogP contribution >= 0.6 is 0 Å². The molecule has 0 spiro atoms. The zero-order valence-electron chi connectivity index (χ0n) is 16.7. The smallest absolute Gasteiger partial charge is 0.241 e. The highest BCUT2D eigenvalue weighted by Crippen LogP contribution is 2.17. The summed E-state index contributed by atoms with van der Waals surface area (Å²) in [6.45, 7) is 12.1. The highest BCUT2D eigenvalue weighted by molar-refractivity contribution is 5.94. The van der Waals surface area contributed by atoms with Crippen LogP contribution in [0.1, 0.15) is 46.5 Å². The summed E-state index contributed by atoms with van der Waals surface area (Å²) in [4.78, 5) is 17.2. The van der Waals surface area contributed by atoms with E-state index in [9.17, 15) is 4.79 Å². The van der Waals surface area contributed by atoms with Crippen LogP contribution in [-0.2, 0) is 4.79 Å². The van der Waals surface area contributed by atoms with Crippen LogP contribution in [-0.4, -0.2) is 61.1 Å². The Morgan fingerprint density at radius 3 is 2.31 bits per heavy atom. The highest BCUT2D eigenvalue weighted by atomic mass is 16.5. The Kier molecular flexibility index (Phi) is 8.92. The number of hydrogen-bond donors (Lipinski definition) is 1. The van der Waals surface area contributed by atoms with E-state index in [4.69, 9.17) is 4.74 Å². The number of likely N-dealkylation sites (tertiary alicyclic amines) is 1. The second kappa shape index (κ2) is 11.2. The van der Waals surface area contributed by atoms with E-state index in [-0.39, 0.29) is 11.9 Å². The predicted octanol–water partition coefficient (Wildman–Crippen LogP) is 3.61. The Bertz CT molecular complexity index is 521. The van der Waals surface area contributed by atoms with Crippen LogP contribution in [0.3, 0.4) is 0 Å². The van der Waals surface area contributed by atoms with E-state index in [1.165, 1.54) is 25.7 Å². The van der Waals surface area contributed by atoms with Crippen molar-refractivity contribution in [2.75, 3.05) is 44.6 Å². The molecule has 1 aromatic carbocycles. The van der Waals surface area contributed by atoms with Gasteiger partial charge in [0.05, 0.1) is 6.04 Å². The SMILES string of the molecule is CCN(CC)CCOc1ccc(NC(=O)C(C)N2CCCCCC2)cc1. The number of nitrogens with zero attached hydrogens (tertiary/aromatic N) is 2. The lowest BCUT2D eigenvalue weighted by Crippen LogP contribution is -2.42. The largest absolute Gasteiger partial charge is 0.492 e. The summed E-state index contributed by atoms with van der Waals surface area (Å²) < 4.78 is 5.79. The van der Waals surface area contributed by atoms with Crippen molar-refractivity contribution in [3.8, 4) is 5.75 Å². The van der Waals surface area contributed by atoms with Gasteiger partial charge in [-0.3, -0.25) is 9.69 Å². The second-order valence-corrected chi connectivity index (χ2v) is 7.02. The zero-order valence-corrected chi connectivity index (χ0v) is 16.7. The van der Waals surface area contributed by atoms with E-state index in [1.807, 2.05) is 31.2 Å². The maximum Gasteiger partial charge on any atom is 0.241 e. The van der Waals surface area contributed by atoms with Gasteiger partial charge in [-0.1, -0.05) is 26.7 Å². The molecule has 1 unspecified atom stereocenters. The molecule has 0 aliphatic carbocycles. The summed E-state index contributed by atoms with van der Waals surface area (Å²) in [6.07, 6.45) is 4.94. The number of amides is 1. The van der Waals surface area contributed by atoms with Crippen molar-refractivity contribution in [3.63, 3.8) is 0 Å². The summed E-state index contributed by atoms with van der Waals surface area (Å²) in [5.74, 6) is 0.915. The number of carbonyl (C=O) groups excluding carboxylic acids is 1. The molecule has 0 bridgehead atoms. The highest BCUT2D eigenvalue weighted by Gasteiger charge is 2.22. The minimum absolute atomic E-state index is 0.0714. The van der Waals surface area contributed by atoms with Crippen molar-refractivity contribution in [1.29, 1.82) is 0 Å². The van der Waals surface area contributed by atoms with Crippen molar-refractivity contribution in [2.24, 2.45) is 0 Å². The maximum absolute atomic E-state index is 12.5. The van der Waals surface area contributed by atoms with Crippen molar-refractivity contribution < 1.29 is 9.53 Å². The molecule has 1 heterocycles. The Hall–Kier alpha value is -1.59. The van der Waals surface area contributed by atoms with Crippen LogP contribution in [0.15, 0.2) is 24.3 Å². The predicted molar refractivity (Wildman–Crippen MR) is 108 cm³/mol. The zero-order chi connectivity index (χ0) is 18.8. The molecule has 1 atom stereocenters. The van der Waals surface area contributed by atoms with Gasteiger partial charge in [-0.2, -0.15) is 0 Å². The van der Waals surface area contributed by atoms with Crippen LogP contribution in [0.2, 0.25) is 0 Å². The van der Waals surface area contributed by atoms with Gasteiger partial charge in [-0.25, -0.2) is 0 Å². The topological polar surface area (TPSA) is 44.8 Å². The summed E-state index contributed by atoms with van der Waals surface area (Å²) >= 11 is 0. The summed E-state index contributed by atoms with van der Waals surface area (Å²) in [5.41, 5.74) is 0.827. The van der Waals surface area contributed by atoms with Gasteiger partial charge in [0.1, 0.15) is 12.4 Å². The van der Waals surface area contributed by atoms with Gasteiger partial charge in [-0.15, -0.1) is 0 Å². The van der Waals surface area contributed by atoms with Crippen molar-refractivity contribution in [3.05, 3.63) is 24.3 Å². The van der Waals surface area contributed by atoms with E-state index in [0.29, 0.717) is 6.61 Å². The van der Waals surface area contributed by atoms with E-state index in [2.05, 4.69) is 29.0 Å². The van der Waals surface area contributed by atoms with Crippen molar-refractivity contribution in [1.82, 2.24) is 9.80 Å². The van der Waals surface area contributed by atoms with Crippen LogP contribution in [0.25, 0.3) is 0 Å². The first-order chi connectivity index (χ1) is 12.6. The second-order valence-electron chi connectivity index (χ2n) is 7.02. The molecule has 1 N–H and O–H groups in total. The monoisotopic (exact) mass is 361 g/mol. The molecule has 0 saturated carbocycles. The Morgan fingerprint density at radius 2 is 1.73 bits per heavy atom. The van der Waals surface area contributed by atoms with Crippen LogP contribution in [0.4, 0.5) is 5.69 Å². The molecule has 146 valence electrons. The van der Waals surface area contributed by atoms with E-state index in [1.54, 1.807) is 0 Å². The number of anilines is 1. The molecule has 1 amide bonds. The first kappa shape index (κ1) is 20.7.